The Kier molecular flexibility index (Phi) is 6.86. The Balaban J connectivity index is 1.92. The zero-order valence-electron chi connectivity index (χ0n) is 16.9. The molecule has 1 aromatic carbocycles. The van der Waals surface area contributed by atoms with Gasteiger partial charge in [0, 0.05) is 21.4 Å². The largest absolute Gasteiger partial charge is 0.477 e. The van der Waals surface area contributed by atoms with Gasteiger partial charge in [0.25, 0.3) is 5.91 Å². The molecule has 1 aromatic heterocycles. The lowest BCUT2D eigenvalue weighted by atomic mass is 9.94. The van der Waals surface area contributed by atoms with Gasteiger partial charge >= 0.3 is 0 Å². The minimum atomic E-state index is -0.00708. The molecule has 1 aliphatic heterocycles. The van der Waals surface area contributed by atoms with Crippen molar-refractivity contribution in [3.05, 3.63) is 54.2 Å². The van der Waals surface area contributed by atoms with E-state index >= 15 is 0 Å². The van der Waals surface area contributed by atoms with E-state index in [9.17, 15) is 4.79 Å². The van der Waals surface area contributed by atoms with Crippen molar-refractivity contribution < 1.29 is 9.53 Å². The summed E-state index contributed by atoms with van der Waals surface area (Å²) in [5.74, 6) is 0.641. The molecule has 1 aliphatic rings. The Morgan fingerprint density at radius 1 is 1.25 bits per heavy atom. The Labute approximate surface area is 185 Å². The van der Waals surface area contributed by atoms with E-state index in [1.165, 1.54) is 0 Å². The van der Waals surface area contributed by atoms with Gasteiger partial charge < -0.3 is 9.64 Å². The van der Waals surface area contributed by atoms with Gasteiger partial charge in [-0.05, 0) is 85.0 Å². The van der Waals surface area contributed by atoms with Gasteiger partial charge in [0.2, 0.25) is 5.88 Å². The van der Waals surface area contributed by atoms with Crippen molar-refractivity contribution in [2.75, 3.05) is 13.2 Å². The number of carbonyl (C=O) groups excluding carboxylic acids is 1. The van der Waals surface area contributed by atoms with Crippen LogP contribution in [-0.4, -0.2) is 28.9 Å². The molecule has 0 saturated heterocycles. The number of hydrogen-bond acceptors (Lipinski definition) is 3. The highest BCUT2D eigenvalue weighted by atomic mass is 127. The van der Waals surface area contributed by atoms with Gasteiger partial charge in [0.1, 0.15) is 0 Å². The molecule has 6 heteroatoms. The van der Waals surface area contributed by atoms with Gasteiger partial charge in [0.15, 0.2) is 0 Å². The molecule has 2 aromatic rings. The van der Waals surface area contributed by atoms with E-state index in [0.717, 1.165) is 50.8 Å². The normalized spacial score (nSPS) is 13.6. The Morgan fingerprint density at radius 2 is 2.00 bits per heavy atom. The number of pyridine rings is 1. The standard InChI is InChI=1S/C22H26ClIN2O2/c1-5-6-9-28-21-17(13(2)10-15(4)25-21)12-26-8-7-16-14(3)11-18(24)20(23)19(16)22(26)27/h10-11H,5-9,12H2,1-4H3. The number of fused-ring (bicyclic) bond motifs is 1. The number of aromatic nitrogens is 1. The number of benzene rings is 1. The summed E-state index contributed by atoms with van der Waals surface area (Å²) in [4.78, 5) is 19.7. The van der Waals surface area contributed by atoms with Crippen molar-refractivity contribution in [1.29, 1.82) is 0 Å². The molecule has 4 nitrogen and oxygen atoms in total. The van der Waals surface area contributed by atoms with E-state index < -0.39 is 0 Å². The third-order valence-corrected chi connectivity index (χ3v) is 6.77. The Hall–Kier alpha value is -1.34. The fraction of sp³-hybridized carbons (Fsp3) is 0.455. The molecule has 0 N–H and O–H groups in total. The third-order valence-electron chi connectivity index (χ3n) is 5.21. The number of ether oxygens (including phenoxy) is 1. The summed E-state index contributed by atoms with van der Waals surface area (Å²) >= 11 is 8.72. The minimum absolute atomic E-state index is 0.00708. The zero-order chi connectivity index (χ0) is 20.4. The van der Waals surface area contributed by atoms with Crippen LogP contribution in [-0.2, 0) is 13.0 Å². The van der Waals surface area contributed by atoms with Gasteiger partial charge in [-0.15, -0.1) is 0 Å². The summed E-state index contributed by atoms with van der Waals surface area (Å²) in [6.07, 6.45) is 2.86. The monoisotopic (exact) mass is 512 g/mol. The van der Waals surface area contributed by atoms with Crippen molar-refractivity contribution in [1.82, 2.24) is 9.88 Å². The minimum Gasteiger partial charge on any atom is -0.477 e. The first-order valence-electron chi connectivity index (χ1n) is 9.70. The van der Waals surface area contributed by atoms with E-state index in [1.807, 2.05) is 24.8 Å². The van der Waals surface area contributed by atoms with E-state index in [4.69, 9.17) is 16.3 Å². The number of halogens is 2. The quantitative estimate of drug-likeness (QED) is 0.371. The molecule has 0 radical (unpaired) electrons. The summed E-state index contributed by atoms with van der Waals surface area (Å²) < 4.78 is 6.89. The van der Waals surface area contributed by atoms with Crippen molar-refractivity contribution >= 4 is 40.1 Å². The predicted octanol–water partition coefficient (Wildman–Crippen LogP) is 5.64. The molecule has 0 atom stereocenters. The highest BCUT2D eigenvalue weighted by molar-refractivity contribution is 14.1. The van der Waals surface area contributed by atoms with Gasteiger partial charge in [-0.25, -0.2) is 4.98 Å². The second kappa shape index (κ2) is 8.99. The lowest BCUT2D eigenvalue weighted by molar-refractivity contribution is 0.0724. The second-order valence-corrected chi connectivity index (χ2v) is 8.93. The van der Waals surface area contributed by atoms with Gasteiger partial charge in [0.05, 0.1) is 23.7 Å². The number of aryl methyl sites for hydroxylation is 3. The fourth-order valence-electron chi connectivity index (χ4n) is 3.64. The zero-order valence-corrected chi connectivity index (χ0v) is 19.8. The molecule has 0 fully saturated rings. The van der Waals surface area contributed by atoms with Crippen LogP contribution >= 0.6 is 34.2 Å². The summed E-state index contributed by atoms with van der Waals surface area (Å²) in [5, 5.41) is 0.564. The topological polar surface area (TPSA) is 42.4 Å². The van der Waals surface area contributed by atoms with Crippen molar-refractivity contribution in [3.8, 4) is 5.88 Å². The van der Waals surface area contributed by atoms with Gasteiger partial charge in [-0.1, -0.05) is 24.9 Å². The first-order chi connectivity index (χ1) is 13.3. The van der Waals surface area contributed by atoms with Crippen LogP contribution in [0.15, 0.2) is 12.1 Å². The number of carbonyl (C=O) groups is 1. The second-order valence-electron chi connectivity index (χ2n) is 7.39. The van der Waals surface area contributed by atoms with Gasteiger partial charge in [-0.3, -0.25) is 4.79 Å². The molecule has 3 rings (SSSR count). The third kappa shape index (κ3) is 4.30. The smallest absolute Gasteiger partial charge is 0.256 e. The van der Waals surface area contributed by atoms with E-state index in [1.54, 1.807) is 0 Å². The molecule has 0 aliphatic carbocycles. The van der Waals surface area contributed by atoms with Crippen molar-refractivity contribution in [3.63, 3.8) is 0 Å². The first kappa shape index (κ1) is 21.4. The molecule has 28 heavy (non-hydrogen) atoms. The van der Waals surface area contributed by atoms with E-state index in [2.05, 4.69) is 47.5 Å². The van der Waals surface area contributed by atoms with Crippen LogP contribution in [0.2, 0.25) is 5.02 Å². The average molecular weight is 513 g/mol. The van der Waals surface area contributed by atoms with Crippen LogP contribution in [0.25, 0.3) is 0 Å². The molecule has 150 valence electrons. The van der Waals surface area contributed by atoms with Crippen LogP contribution in [0.1, 0.15) is 58.1 Å². The number of hydrogen-bond donors (Lipinski definition) is 0. The summed E-state index contributed by atoms with van der Waals surface area (Å²) in [5.41, 5.74) is 5.87. The molecule has 0 unspecified atom stereocenters. The predicted molar refractivity (Wildman–Crippen MR) is 121 cm³/mol. The van der Waals surface area contributed by atoms with Gasteiger partial charge in [-0.2, -0.15) is 0 Å². The Morgan fingerprint density at radius 3 is 2.71 bits per heavy atom. The number of amides is 1. The highest BCUT2D eigenvalue weighted by Gasteiger charge is 2.30. The maximum atomic E-state index is 13.3. The summed E-state index contributed by atoms with van der Waals surface area (Å²) in [7, 11) is 0. The molecule has 2 heterocycles. The highest BCUT2D eigenvalue weighted by Crippen LogP contribution is 2.34. The molecular weight excluding hydrogens is 487 g/mol. The summed E-state index contributed by atoms with van der Waals surface area (Å²) in [6.45, 7) is 10.0. The average Bonchev–Trinajstić information content (AvgIpc) is 2.63. The fourth-order valence-corrected chi connectivity index (χ4v) is 4.62. The molecular formula is C22H26ClIN2O2. The SMILES string of the molecule is CCCCOc1nc(C)cc(C)c1CN1CCc2c(C)cc(I)c(Cl)c2C1=O. The van der Waals surface area contributed by atoms with Crippen LogP contribution in [0.4, 0.5) is 0 Å². The van der Waals surface area contributed by atoms with Crippen LogP contribution < -0.4 is 4.74 Å². The maximum Gasteiger partial charge on any atom is 0.256 e. The van der Waals surface area contributed by atoms with Crippen LogP contribution in [0.5, 0.6) is 5.88 Å². The molecule has 0 bridgehead atoms. The molecule has 0 saturated carbocycles. The van der Waals surface area contributed by atoms with Crippen LogP contribution in [0.3, 0.4) is 0 Å². The number of rotatable bonds is 6. The number of unbranched alkanes of at least 4 members (excludes halogenated alkanes) is 1. The van der Waals surface area contributed by atoms with Crippen LogP contribution in [0, 0.1) is 24.3 Å². The first-order valence-corrected chi connectivity index (χ1v) is 11.2. The van der Waals surface area contributed by atoms with E-state index in [0.29, 0.717) is 36.2 Å². The molecule has 1 amide bonds. The van der Waals surface area contributed by atoms with Crippen molar-refractivity contribution in [2.24, 2.45) is 0 Å². The summed E-state index contributed by atoms with van der Waals surface area (Å²) in [6, 6.07) is 4.10. The maximum absolute atomic E-state index is 13.3. The lowest BCUT2D eigenvalue weighted by Crippen LogP contribution is -2.38. The lowest BCUT2D eigenvalue weighted by Gasteiger charge is -2.31. The van der Waals surface area contributed by atoms with Crippen molar-refractivity contribution in [2.45, 2.75) is 53.5 Å². The number of nitrogens with zero attached hydrogens (tertiary/aromatic N) is 2. The van der Waals surface area contributed by atoms with E-state index in [-0.39, 0.29) is 5.91 Å². The Bertz CT molecular complexity index is 914. The molecule has 0 spiro atoms.